The average Bonchev–Trinajstić information content (AvgIpc) is 2.55. The van der Waals surface area contributed by atoms with Crippen LogP contribution in [-0.4, -0.2) is 42.4 Å². The number of alkyl halides is 1. The van der Waals surface area contributed by atoms with Gasteiger partial charge in [0.25, 0.3) is 5.69 Å². The molecule has 4 N–H and O–H groups in total. The summed E-state index contributed by atoms with van der Waals surface area (Å²) < 4.78 is 43.8. The number of fused-ring (bicyclic) bond motifs is 1. The molecule has 1 aromatic carbocycles. The molecule has 0 radical (unpaired) electrons. The molecule has 3 rings (SSSR count). The Morgan fingerprint density at radius 1 is 1.38 bits per heavy atom. The summed E-state index contributed by atoms with van der Waals surface area (Å²) in [5, 5.41) is 29.2. The lowest BCUT2D eigenvalue weighted by atomic mass is 9.74. The first-order chi connectivity index (χ1) is 11.9. The molecule has 1 fully saturated rings. The van der Waals surface area contributed by atoms with Crippen LogP contribution in [0.25, 0.3) is 0 Å². The van der Waals surface area contributed by atoms with Crippen molar-refractivity contribution in [2.45, 2.75) is 54.8 Å². The Morgan fingerprint density at radius 3 is 2.54 bits per heavy atom. The van der Waals surface area contributed by atoms with E-state index in [4.69, 9.17) is 9.88 Å². The number of nitrogens with one attached hydrogen (secondary N) is 1. The summed E-state index contributed by atoms with van der Waals surface area (Å²) in [6.07, 6.45) is 0.695. The fourth-order valence-electron chi connectivity index (χ4n) is 3.36. The van der Waals surface area contributed by atoms with Gasteiger partial charge in [-0.3, -0.25) is 10.1 Å². The summed E-state index contributed by atoms with van der Waals surface area (Å²) in [6, 6.07) is 1.05. The van der Waals surface area contributed by atoms with Crippen molar-refractivity contribution in [3.63, 3.8) is 0 Å². The molecule has 1 saturated carbocycles. The third kappa shape index (κ3) is 3.46. The molecule has 11 heteroatoms. The Balaban J connectivity index is 1.94. The molecule has 9 nitrogen and oxygen atoms in total. The van der Waals surface area contributed by atoms with Crippen molar-refractivity contribution in [3.05, 3.63) is 22.2 Å². The van der Waals surface area contributed by atoms with Crippen molar-refractivity contribution in [2.75, 3.05) is 11.9 Å². The molecule has 26 heavy (non-hydrogen) atoms. The van der Waals surface area contributed by atoms with Gasteiger partial charge in [0.15, 0.2) is 11.4 Å². The zero-order valence-corrected chi connectivity index (χ0v) is 14.9. The fourth-order valence-corrected chi connectivity index (χ4v) is 3.91. The van der Waals surface area contributed by atoms with Gasteiger partial charge in [-0.2, -0.15) is 0 Å². The fraction of sp³-hybridized carbons (Fsp3) is 0.600. The van der Waals surface area contributed by atoms with Crippen molar-refractivity contribution in [3.8, 4) is 5.75 Å². The Labute approximate surface area is 149 Å². The quantitative estimate of drug-likeness (QED) is 0.524. The number of primary sulfonamides is 1. The highest BCUT2D eigenvalue weighted by atomic mass is 32.2. The minimum absolute atomic E-state index is 0.0640. The van der Waals surface area contributed by atoms with Gasteiger partial charge in [-0.15, -0.1) is 0 Å². The van der Waals surface area contributed by atoms with Crippen LogP contribution in [0.3, 0.4) is 0 Å². The second kappa shape index (κ2) is 6.03. The van der Waals surface area contributed by atoms with Crippen LogP contribution < -0.4 is 15.2 Å². The van der Waals surface area contributed by atoms with Crippen LogP contribution in [0.1, 0.15) is 32.6 Å². The molecule has 1 aromatic rings. The van der Waals surface area contributed by atoms with E-state index >= 15 is 4.39 Å². The molecule has 0 amide bonds. The third-order valence-corrected chi connectivity index (χ3v) is 5.98. The minimum Gasteiger partial charge on any atom is -0.489 e. The van der Waals surface area contributed by atoms with Gasteiger partial charge in [0.05, 0.1) is 21.5 Å². The number of anilines is 1. The molecule has 1 heterocycles. The molecule has 2 aliphatic rings. The van der Waals surface area contributed by atoms with Gasteiger partial charge >= 0.3 is 0 Å². The summed E-state index contributed by atoms with van der Waals surface area (Å²) in [4.78, 5) is 10.1. The number of halogens is 1. The Morgan fingerprint density at radius 2 is 2.00 bits per heavy atom. The van der Waals surface area contributed by atoms with Crippen molar-refractivity contribution in [2.24, 2.45) is 5.14 Å². The zero-order valence-electron chi connectivity index (χ0n) is 14.1. The molecule has 0 spiro atoms. The van der Waals surface area contributed by atoms with Crippen LogP contribution in [0.2, 0.25) is 0 Å². The largest absolute Gasteiger partial charge is 0.489 e. The third-order valence-electron chi connectivity index (χ3n) is 5.09. The predicted molar refractivity (Wildman–Crippen MR) is 90.3 cm³/mol. The molecule has 0 unspecified atom stereocenters. The van der Waals surface area contributed by atoms with E-state index in [0.717, 1.165) is 12.1 Å². The summed E-state index contributed by atoms with van der Waals surface area (Å²) in [5.74, 6) is -0.0640. The monoisotopic (exact) mass is 389 g/mol. The van der Waals surface area contributed by atoms with Crippen LogP contribution in [0.4, 0.5) is 15.8 Å². The van der Waals surface area contributed by atoms with E-state index in [2.05, 4.69) is 5.32 Å². The zero-order chi connectivity index (χ0) is 19.3. The van der Waals surface area contributed by atoms with Gasteiger partial charge in [0.2, 0.25) is 10.0 Å². The number of rotatable bonds is 3. The molecule has 1 aliphatic heterocycles. The van der Waals surface area contributed by atoms with E-state index in [9.17, 15) is 23.6 Å². The number of nitrogens with zero attached hydrogens (tertiary/aromatic N) is 1. The molecule has 1 atom stereocenters. The Bertz CT molecular complexity index is 847. The number of nitro benzene ring substituents is 1. The van der Waals surface area contributed by atoms with Crippen LogP contribution in [-0.2, 0) is 10.0 Å². The Kier molecular flexibility index (Phi) is 4.36. The van der Waals surface area contributed by atoms with Crippen LogP contribution in [0.15, 0.2) is 17.0 Å². The van der Waals surface area contributed by atoms with E-state index < -0.39 is 42.8 Å². The van der Waals surface area contributed by atoms with E-state index in [1.165, 1.54) is 0 Å². The van der Waals surface area contributed by atoms with Gasteiger partial charge in [-0.05, 0) is 32.6 Å². The van der Waals surface area contributed by atoms with E-state index in [1.54, 1.807) is 6.92 Å². The number of benzene rings is 1. The summed E-state index contributed by atoms with van der Waals surface area (Å²) in [5.41, 5.74) is -3.26. The smallest absolute Gasteiger partial charge is 0.297 e. The first kappa shape index (κ1) is 18.8. The molecule has 0 saturated heterocycles. The van der Waals surface area contributed by atoms with Crippen LogP contribution in [0, 0.1) is 10.1 Å². The van der Waals surface area contributed by atoms with Crippen molar-refractivity contribution >= 4 is 21.4 Å². The van der Waals surface area contributed by atoms with Crippen LogP contribution >= 0.6 is 0 Å². The van der Waals surface area contributed by atoms with Gasteiger partial charge in [0, 0.05) is 12.1 Å². The summed E-state index contributed by atoms with van der Waals surface area (Å²) >= 11 is 0. The molecular formula is C15H20FN3O6S. The maximum absolute atomic E-state index is 15.4. The number of aliphatic hydroxyl groups is 1. The first-order valence-electron chi connectivity index (χ1n) is 8.07. The van der Waals surface area contributed by atoms with Crippen molar-refractivity contribution in [1.82, 2.24) is 0 Å². The van der Waals surface area contributed by atoms with E-state index in [1.807, 2.05) is 0 Å². The number of nitrogens with two attached hydrogens (primary N) is 1. The lowest BCUT2D eigenvalue weighted by Gasteiger charge is -2.43. The topological polar surface area (TPSA) is 145 Å². The highest BCUT2D eigenvalue weighted by Gasteiger charge is 2.47. The number of hydrogen-bond donors (Lipinski definition) is 3. The number of nitro groups is 1. The van der Waals surface area contributed by atoms with Gasteiger partial charge < -0.3 is 15.2 Å². The normalized spacial score (nSPS) is 31.5. The van der Waals surface area contributed by atoms with Gasteiger partial charge in [-0.1, -0.05) is 0 Å². The highest BCUT2D eigenvalue weighted by Crippen LogP contribution is 2.45. The molecule has 144 valence electrons. The number of hydrogen-bond acceptors (Lipinski definition) is 7. The molecular weight excluding hydrogens is 369 g/mol. The van der Waals surface area contributed by atoms with Gasteiger partial charge in [0.1, 0.15) is 12.3 Å². The van der Waals surface area contributed by atoms with E-state index in [0.29, 0.717) is 0 Å². The minimum atomic E-state index is -4.17. The lowest BCUT2D eigenvalue weighted by Crippen LogP contribution is -2.53. The lowest BCUT2D eigenvalue weighted by molar-refractivity contribution is -0.384. The standard InChI is InChI=1S/C15H20FN3O6S/c1-14(20)2-4-15(16,5-3-14)12-8-25-11-7-9(26(17,23)24)6-10(19(21)22)13(11)18-12/h6-7,12,18,20H,2-5,8H2,1H3,(H2,17,23,24)/t12-,14?,15?/m0/s1. The SMILES string of the molecule is CC1(O)CCC(F)([C@@H]2COc3cc(S(N)(=O)=O)cc([N+](=O)[O-])c3N2)CC1. The molecule has 0 bridgehead atoms. The maximum Gasteiger partial charge on any atom is 0.297 e. The average molecular weight is 389 g/mol. The summed E-state index contributed by atoms with van der Waals surface area (Å²) in [6.45, 7) is 1.52. The molecule has 0 aromatic heterocycles. The van der Waals surface area contributed by atoms with Crippen molar-refractivity contribution < 1.29 is 27.6 Å². The maximum atomic E-state index is 15.4. The second-order valence-electron chi connectivity index (χ2n) is 7.16. The van der Waals surface area contributed by atoms with E-state index in [-0.39, 0.29) is 43.7 Å². The van der Waals surface area contributed by atoms with Gasteiger partial charge in [-0.25, -0.2) is 17.9 Å². The van der Waals surface area contributed by atoms with Crippen LogP contribution in [0.5, 0.6) is 5.75 Å². The summed E-state index contributed by atoms with van der Waals surface area (Å²) in [7, 11) is -4.17. The molecule has 1 aliphatic carbocycles. The first-order valence-corrected chi connectivity index (χ1v) is 9.62. The highest BCUT2D eigenvalue weighted by molar-refractivity contribution is 7.89. The predicted octanol–water partition coefficient (Wildman–Crippen LogP) is 1.45. The number of sulfonamides is 1. The van der Waals surface area contributed by atoms with Crippen molar-refractivity contribution in [1.29, 1.82) is 0 Å². The number of ether oxygens (including phenoxy) is 1. The second-order valence-corrected chi connectivity index (χ2v) is 8.72. The Hall–Kier alpha value is -1.98.